The molecule has 1 amide bonds. The Labute approximate surface area is 157 Å². The minimum atomic E-state index is 0.383. The number of hydrogen-bond donors (Lipinski definition) is 0. The van der Waals surface area contributed by atoms with Gasteiger partial charge in [-0.1, -0.05) is 6.07 Å². The van der Waals surface area contributed by atoms with Crippen LogP contribution in [0.4, 0.5) is 0 Å². The van der Waals surface area contributed by atoms with Gasteiger partial charge in [0.25, 0.3) is 0 Å². The van der Waals surface area contributed by atoms with Crippen LogP contribution in [0.2, 0.25) is 0 Å². The summed E-state index contributed by atoms with van der Waals surface area (Å²) in [5, 5.41) is 0. The molecule has 0 radical (unpaired) electrons. The van der Waals surface area contributed by atoms with Crippen LogP contribution < -0.4 is 4.74 Å². The van der Waals surface area contributed by atoms with Gasteiger partial charge in [0.15, 0.2) is 0 Å². The van der Waals surface area contributed by atoms with E-state index >= 15 is 0 Å². The summed E-state index contributed by atoms with van der Waals surface area (Å²) in [4.78, 5) is 17.1. The van der Waals surface area contributed by atoms with Crippen molar-refractivity contribution in [3.05, 3.63) is 29.3 Å². The molecule has 142 valence electrons. The first-order chi connectivity index (χ1) is 12.6. The van der Waals surface area contributed by atoms with E-state index in [0.29, 0.717) is 11.3 Å². The van der Waals surface area contributed by atoms with Crippen LogP contribution in [0.15, 0.2) is 18.2 Å². The molecule has 1 aromatic rings. The van der Waals surface area contributed by atoms with Gasteiger partial charge in [-0.25, -0.2) is 0 Å². The standard InChI is InChI=1S/C22H32N2O2/c1-17-13-20(26-2)6-5-19(17)15-23-11-9-22(10-12-23)8-7-21(25)24(16-22)14-18-3-4-18/h5-6,13,18H,3-4,7-12,14-16H2,1-2H3. The molecule has 4 rings (SSSR count). The number of hydrogen-bond acceptors (Lipinski definition) is 3. The van der Waals surface area contributed by atoms with Crippen molar-refractivity contribution in [3.63, 3.8) is 0 Å². The van der Waals surface area contributed by atoms with Crippen LogP contribution in [0.1, 0.15) is 49.7 Å². The maximum Gasteiger partial charge on any atom is 0.222 e. The number of methoxy groups -OCH3 is 1. The first kappa shape index (κ1) is 17.8. The molecule has 4 nitrogen and oxygen atoms in total. The van der Waals surface area contributed by atoms with E-state index in [4.69, 9.17) is 4.74 Å². The Kier molecular flexibility index (Phi) is 4.96. The highest BCUT2D eigenvalue weighted by atomic mass is 16.5. The van der Waals surface area contributed by atoms with Gasteiger partial charge < -0.3 is 9.64 Å². The molecule has 0 N–H and O–H groups in total. The van der Waals surface area contributed by atoms with E-state index < -0.39 is 0 Å². The third kappa shape index (κ3) is 3.90. The van der Waals surface area contributed by atoms with Gasteiger partial charge in [-0.05, 0) is 86.7 Å². The first-order valence-electron chi connectivity index (χ1n) is 10.2. The summed E-state index contributed by atoms with van der Waals surface area (Å²) in [6, 6.07) is 6.40. The van der Waals surface area contributed by atoms with Crippen molar-refractivity contribution in [2.24, 2.45) is 11.3 Å². The summed E-state index contributed by atoms with van der Waals surface area (Å²) in [5.41, 5.74) is 3.09. The summed E-state index contributed by atoms with van der Waals surface area (Å²) >= 11 is 0. The molecule has 1 aliphatic carbocycles. The predicted octanol–water partition coefficient (Wildman–Crippen LogP) is 3.62. The molecular weight excluding hydrogens is 324 g/mol. The molecule has 0 bridgehead atoms. The Balaban J connectivity index is 1.34. The largest absolute Gasteiger partial charge is 0.497 e. The number of amides is 1. The fourth-order valence-electron chi connectivity index (χ4n) is 4.69. The maximum atomic E-state index is 12.3. The smallest absolute Gasteiger partial charge is 0.222 e. The number of benzene rings is 1. The molecule has 0 atom stereocenters. The van der Waals surface area contributed by atoms with Gasteiger partial charge in [0, 0.05) is 26.1 Å². The van der Waals surface area contributed by atoms with Gasteiger partial charge in [-0.2, -0.15) is 0 Å². The molecule has 1 saturated carbocycles. The molecule has 2 aliphatic heterocycles. The Bertz CT molecular complexity index is 660. The van der Waals surface area contributed by atoms with Crippen LogP contribution in [0.3, 0.4) is 0 Å². The molecule has 4 heteroatoms. The van der Waals surface area contributed by atoms with Crippen LogP contribution in [-0.2, 0) is 11.3 Å². The number of likely N-dealkylation sites (tertiary alicyclic amines) is 2. The highest BCUT2D eigenvalue weighted by Gasteiger charge is 2.42. The highest BCUT2D eigenvalue weighted by molar-refractivity contribution is 5.77. The Morgan fingerprint density at radius 2 is 1.96 bits per heavy atom. The lowest BCUT2D eigenvalue weighted by Gasteiger charge is -2.47. The highest BCUT2D eigenvalue weighted by Crippen LogP contribution is 2.42. The Morgan fingerprint density at radius 3 is 2.62 bits per heavy atom. The third-order valence-electron chi connectivity index (χ3n) is 6.78. The topological polar surface area (TPSA) is 32.8 Å². The Hall–Kier alpha value is -1.55. The molecule has 3 aliphatic rings. The van der Waals surface area contributed by atoms with Crippen LogP contribution in [0.5, 0.6) is 5.75 Å². The van der Waals surface area contributed by atoms with Gasteiger partial charge in [-0.15, -0.1) is 0 Å². The maximum absolute atomic E-state index is 12.3. The van der Waals surface area contributed by atoms with Gasteiger partial charge >= 0.3 is 0 Å². The number of rotatable bonds is 5. The first-order valence-corrected chi connectivity index (χ1v) is 10.2. The molecule has 1 spiro atoms. The van der Waals surface area contributed by atoms with Crippen LogP contribution >= 0.6 is 0 Å². The molecule has 0 unspecified atom stereocenters. The number of ether oxygens (including phenoxy) is 1. The monoisotopic (exact) mass is 356 g/mol. The van der Waals surface area contributed by atoms with Gasteiger partial charge in [-0.3, -0.25) is 9.69 Å². The summed E-state index contributed by atoms with van der Waals surface area (Å²) in [7, 11) is 1.72. The summed E-state index contributed by atoms with van der Waals surface area (Å²) in [5.74, 6) is 2.14. The average molecular weight is 357 g/mol. The summed E-state index contributed by atoms with van der Waals surface area (Å²) < 4.78 is 5.32. The molecule has 26 heavy (non-hydrogen) atoms. The van der Waals surface area contributed by atoms with Crippen molar-refractivity contribution < 1.29 is 9.53 Å². The van der Waals surface area contributed by atoms with Crippen molar-refractivity contribution in [2.45, 2.75) is 52.0 Å². The van der Waals surface area contributed by atoms with Crippen molar-refractivity contribution >= 4 is 5.91 Å². The van der Waals surface area contributed by atoms with Crippen molar-refractivity contribution in [1.82, 2.24) is 9.80 Å². The van der Waals surface area contributed by atoms with E-state index in [-0.39, 0.29) is 0 Å². The van der Waals surface area contributed by atoms with Gasteiger partial charge in [0.05, 0.1) is 7.11 Å². The summed E-state index contributed by atoms with van der Waals surface area (Å²) in [6.45, 7) is 7.53. The minimum Gasteiger partial charge on any atom is -0.497 e. The fourth-order valence-corrected chi connectivity index (χ4v) is 4.69. The minimum absolute atomic E-state index is 0.383. The molecule has 3 fully saturated rings. The zero-order valence-electron chi connectivity index (χ0n) is 16.3. The second-order valence-corrected chi connectivity index (χ2v) is 8.79. The predicted molar refractivity (Wildman–Crippen MR) is 103 cm³/mol. The van der Waals surface area contributed by atoms with Crippen molar-refractivity contribution in [1.29, 1.82) is 0 Å². The van der Waals surface area contributed by atoms with Crippen molar-refractivity contribution in [3.8, 4) is 5.75 Å². The quantitative estimate of drug-likeness (QED) is 0.808. The molecule has 1 aromatic carbocycles. The molecule has 2 saturated heterocycles. The van der Waals surface area contributed by atoms with Gasteiger partial charge in [0.1, 0.15) is 5.75 Å². The summed E-state index contributed by atoms with van der Waals surface area (Å²) in [6.07, 6.45) is 6.98. The number of piperidine rings is 2. The van der Waals surface area contributed by atoms with Crippen LogP contribution in [0, 0.1) is 18.3 Å². The van der Waals surface area contributed by atoms with Crippen LogP contribution in [-0.4, -0.2) is 49.0 Å². The fraction of sp³-hybridized carbons (Fsp3) is 0.682. The molecular formula is C22H32N2O2. The zero-order valence-corrected chi connectivity index (χ0v) is 16.3. The van der Waals surface area contributed by atoms with E-state index in [0.717, 1.165) is 57.2 Å². The molecule has 2 heterocycles. The lowest BCUT2D eigenvalue weighted by molar-refractivity contribution is -0.139. The van der Waals surface area contributed by atoms with Crippen molar-refractivity contribution in [2.75, 3.05) is 33.3 Å². The second-order valence-electron chi connectivity index (χ2n) is 8.79. The zero-order chi connectivity index (χ0) is 18.1. The number of carbonyl (C=O) groups is 1. The average Bonchev–Trinajstić information content (AvgIpc) is 3.46. The second kappa shape index (κ2) is 7.22. The number of aryl methyl sites for hydroxylation is 1. The number of nitrogens with zero attached hydrogens (tertiary/aromatic N) is 2. The van der Waals surface area contributed by atoms with E-state index in [9.17, 15) is 4.79 Å². The molecule has 0 aromatic heterocycles. The lowest BCUT2D eigenvalue weighted by atomic mass is 9.72. The SMILES string of the molecule is COc1ccc(CN2CCC3(CCC(=O)N(CC4CC4)C3)CC2)c(C)c1. The normalized spacial score (nSPS) is 23.5. The van der Waals surface area contributed by atoms with E-state index in [1.807, 2.05) is 0 Å². The van der Waals surface area contributed by atoms with E-state index in [2.05, 4.69) is 34.9 Å². The van der Waals surface area contributed by atoms with Crippen LogP contribution in [0.25, 0.3) is 0 Å². The van der Waals surface area contributed by atoms with E-state index in [1.165, 1.54) is 36.8 Å². The Morgan fingerprint density at radius 1 is 1.19 bits per heavy atom. The van der Waals surface area contributed by atoms with E-state index in [1.54, 1.807) is 7.11 Å². The lowest BCUT2D eigenvalue weighted by Crippen LogP contribution is -2.51. The van der Waals surface area contributed by atoms with Gasteiger partial charge in [0.2, 0.25) is 5.91 Å². The number of carbonyl (C=O) groups excluding carboxylic acids is 1. The third-order valence-corrected chi connectivity index (χ3v) is 6.78.